The molecule has 0 aliphatic carbocycles. The van der Waals surface area contributed by atoms with Crippen molar-refractivity contribution in [1.29, 1.82) is 0 Å². The summed E-state index contributed by atoms with van der Waals surface area (Å²) in [5.74, 6) is 0.0342. The number of amides is 1. The first-order chi connectivity index (χ1) is 12.9. The van der Waals surface area contributed by atoms with Gasteiger partial charge < -0.3 is 10.2 Å². The zero-order valence-electron chi connectivity index (χ0n) is 14.8. The first-order valence-corrected chi connectivity index (χ1v) is 9.24. The summed E-state index contributed by atoms with van der Waals surface area (Å²) < 4.78 is 38.8. The van der Waals surface area contributed by atoms with Crippen LogP contribution in [-0.4, -0.2) is 29.9 Å². The van der Waals surface area contributed by atoms with Crippen molar-refractivity contribution in [2.75, 3.05) is 13.1 Å². The Balaban J connectivity index is 1.73. The van der Waals surface area contributed by atoms with Gasteiger partial charge in [-0.25, -0.2) is 0 Å². The largest absolute Gasteiger partial charge is 0.416 e. The lowest BCUT2D eigenvalue weighted by atomic mass is 9.87. The van der Waals surface area contributed by atoms with Gasteiger partial charge in [0.1, 0.15) is 0 Å². The van der Waals surface area contributed by atoms with Crippen molar-refractivity contribution < 1.29 is 18.0 Å². The molecule has 4 rings (SSSR count). The van der Waals surface area contributed by atoms with Crippen molar-refractivity contribution in [3.8, 4) is 0 Å². The predicted octanol–water partition coefficient (Wildman–Crippen LogP) is 3.93. The number of halogens is 3. The van der Waals surface area contributed by atoms with E-state index in [1.807, 2.05) is 29.2 Å². The van der Waals surface area contributed by atoms with Crippen LogP contribution < -0.4 is 5.32 Å². The molecular formula is C21H21F3N2O. The normalized spacial score (nSPS) is 22.6. The molecule has 2 aliphatic heterocycles. The highest BCUT2D eigenvalue weighted by molar-refractivity contribution is 5.83. The Morgan fingerprint density at radius 2 is 1.81 bits per heavy atom. The molecule has 1 N–H and O–H groups in total. The second kappa shape index (κ2) is 7.00. The van der Waals surface area contributed by atoms with E-state index in [0.29, 0.717) is 12.1 Å². The van der Waals surface area contributed by atoms with Gasteiger partial charge in [-0.1, -0.05) is 36.4 Å². The number of carbonyl (C=O) groups excluding carboxylic acids is 1. The Morgan fingerprint density at radius 3 is 2.48 bits per heavy atom. The minimum absolute atomic E-state index is 0.0342. The van der Waals surface area contributed by atoms with E-state index >= 15 is 0 Å². The summed E-state index contributed by atoms with van der Waals surface area (Å²) in [6.07, 6.45) is -1.85. The van der Waals surface area contributed by atoms with E-state index in [2.05, 4.69) is 5.32 Å². The standard InChI is InChI=1S/C21H21F3N2O/c22-21(23,24)16-9-7-15(8-10-16)19-17-5-2-1-4-14(17)11-13-26(19)20(27)18-6-3-12-25-18/h1-2,4-5,7-10,18-19,25H,3,6,11-13H2/t18-,19-/m1/s1. The highest BCUT2D eigenvalue weighted by Gasteiger charge is 2.36. The Morgan fingerprint density at radius 1 is 1.07 bits per heavy atom. The van der Waals surface area contributed by atoms with Crippen LogP contribution in [-0.2, 0) is 17.4 Å². The summed E-state index contributed by atoms with van der Waals surface area (Å²) in [6, 6.07) is 12.5. The summed E-state index contributed by atoms with van der Waals surface area (Å²) in [6.45, 7) is 1.39. The highest BCUT2D eigenvalue weighted by atomic mass is 19.4. The maximum atomic E-state index is 13.1. The fourth-order valence-electron chi connectivity index (χ4n) is 4.11. The fraction of sp³-hybridized carbons (Fsp3) is 0.381. The second-order valence-corrected chi connectivity index (χ2v) is 7.15. The molecule has 2 atom stereocenters. The van der Waals surface area contributed by atoms with Crippen molar-refractivity contribution in [3.05, 3.63) is 70.8 Å². The molecule has 6 heteroatoms. The van der Waals surface area contributed by atoms with Crippen LogP contribution >= 0.6 is 0 Å². The number of rotatable bonds is 2. The molecule has 142 valence electrons. The van der Waals surface area contributed by atoms with E-state index < -0.39 is 11.7 Å². The average Bonchev–Trinajstić information content (AvgIpc) is 3.21. The van der Waals surface area contributed by atoms with Crippen molar-refractivity contribution in [1.82, 2.24) is 10.2 Å². The molecule has 0 spiro atoms. The van der Waals surface area contributed by atoms with E-state index in [0.717, 1.165) is 49.1 Å². The van der Waals surface area contributed by atoms with E-state index in [1.54, 1.807) is 0 Å². The Hall–Kier alpha value is -2.34. The van der Waals surface area contributed by atoms with Crippen molar-refractivity contribution in [2.24, 2.45) is 0 Å². The quantitative estimate of drug-likeness (QED) is 0.864. The topological polar surface area (TPSA) is 32.3 Å². The third-order valence-electron chi connectivity index (χ3n) is 5.48. The van der Waals surface area contributed by atoms with Crippen molar-refractivity contribution in [3.63, 3.8) is 0 Å². The zero-order chi connectivity index (χ0) is 19.0. The van der Waals surface area contributed by atoms with Gasteiger partial charge in [0.25, 0.3) is 0 Å². The number of nitrogens with zero attached hydrogens (tertiary/aromatic N) is 1. The van der Waals surface area contributed by atoms with E-state index in [-0.39, 0.29) is 18.0 Å². The Bertz CT molecular complexity index is 826. The van der Waals surface area contributed by atoms with Gasteiger partial charge in [0.15, 0.2) is 0 Å². The van der Waals surface area contributed by atoms with Gasteiger partial charge in [-0.3, -0.25) is 4.79 Å². The number of hydrogen-bond acceptors (Lipinski definition) is 2. The molecule has 0 bridgehead atoms. The Kier molecular flexibility index (Phi) is 4.68. The minimum atomic E-state index is -4.37. The van der Waals surface area contributed by atoms with Crippen LogP contribution in [0, 0.1) is 0 Å². The lowest BCUT2D eigenvalue weighted by Crippen LogP contribution is -2.48. The van der Waals surface area contributed by atoms with Crippen LogP contribution in [0.4, 0.5) is 13.2 Å². The molecule has 1 amide bonds. The maximum absolute atomic E-state index is 13.1. The van der Waals surface area contributed by atoms with Crippen LogP contribution in [0.2, 0.25) is 0 Å². The first-order valence-electron chi connectivity index (χ1n) is 9.24. The van der Waals surface area contributed by atoms with E-state index in [1.165, 1.54) is 12.1 Å². The van der Waals surface area contributed by atoms with Gasteiger partial charge in [-0.05, 0) is 54.6 Å². The maximum Gasteiger partial charge on any atom is 0.416 e. The molecule has 2 aliphatic rings. The number of fused-ring (bicyclic) bond motifs is 1. The second-order valence-electron chi connectivity index (χ2n) is 7.15. The number of carbonyl (C=O) groups is 1. The number of hydrogen-bond donors (Lipinski definition) is 1. The molecule has 2 aromatic rings. The predicted molar refractivity (Wildman–Crippen MR) is 96.2 cm³/mol. The first kappa shape index (κ1) is 18.0. The van der Waals surface area contributed by atoms with Crippen LogP contribution in [0.5, 0.6) is 0 Å². The van der Waals surface area contributed by atoms with E-state index in [9.17, 15) is 18.0 Å². The molecule has 1 fully saturated rings. The molecule has 0 aromatic heterocycles. The monoisotopic (exact) mass is 374 g/mol. The van der Waals surface area contributed by atoms with Gasteiger partial charge in [0.05, 0.1) is 17.6 Å². The summed E-state index contributed by atoms with van der Waals surface area (Å²) >= 11 is 0. The molecule has 0 saturated carbocycles. The van der Waals surface area contributed by atoms with Crippen LogP contribution in [0.25, 0.3) is 0 Å². The number of nitrogens with one attached hydrogen (secondary N) is 1. The molecule has 0 radical (unpaired) electrons. The molecular weight excluding hydrogens is 353 g/mol. The Labute approximate surface area is 156 Å². The summed E-state index contributed by atoms with van der Waals surface area (Å²) in [5.41, 5.74) is 2.17. The summed E-state index contributed by atoms with van der Waals surface area (Å²) in [4.78, 5) is 14.9. The fourth-order valence-corrected chi connectivity index (χ4v) is 4.11. The van der Waals surface area contributed by atoms with Crippen molar-refractivity contribution in [2.45, 2.75) is 37.5 Å². The molecule has 3 nitrogen and oxygen atoms in total. The number of benzene rings is 2. The van der Waals surface area contributed by atoms with Crippen LogP contribution in [0.1, 0.15) is 41.1 Å². The van der Waals surface area contributed by atoms with Gasteiger partial charge in [-0.2, -0.15) is 13.2 Å². The van der Waals surface area contributed by atoms with Gasteiger partial charge in [0, 0.05) is 6.54 Å². The van der Waals surface area contributed by atoms with E-state index in [4.69, 9.17) is 0 Å². The zero-order valence-corrected chi connectivity index (χ0v) is 14.8. The molecule has 1 saturated heterocycles. The van der Waals surface area contributed by atoms with Crippen LogP contribution in [0.3, 0.4) is 0 Å². The third-order valence-corrected chi connectivity index (χ3v) is 5.48. The van der Waals surface area contributed by atoms with Crippen molar-refractivity contribution >= 4 is 5.91 Å². The molecule has 0 unspecified atom stereocenters. The van der Waals surface area contributed by atoms with Crippen LogP contribution in [0.15, 0.2) is 48.5 Å². The smallest absolute Gasteiger partial charge is 0.330 e. The summed E-state index contributed by atoms with van der Waals surface area (Å²) in [5, 5.41) is 3.24. The minimum Gasteiger partial charge on any atom is -0.330 e. The van der Waals surface area contributed by atoms with Gasteiger partial charge in [0.2, 0.25) is 5.91 Å². The SMILES string of the molecule is O=C([C@H]1CCCN1)N1CCc2ccccc2[C@H]1c1ccc(C(F)(F)F)cc1. The highest BCUT2D eigenvalue weighted by Crippen LogP contribution is 2.37. The molecule has 27 heavy (non-hydrogen) atoms. The summed E-state index contributed by atoms with van der Waals surface area (Å²) in [7, 11) is 0. The third kappa shape index (κ3) is 3.46. The lowest BCUT2D eigenvalue weighted by Gasteiger charge is -2.39. The van der Waals surface area contributed by atoms with Gasteiger partial charge >= 0.3 is 6.18 Å². The molecule has 2 aromatic carbocycles. The van der Waals surface area contributed by atoms with Gasteiger partial charge in [-0.15, -0.1) is 0 Å². The number of alkyl halides is 3. The average molecular weight is 374 g/mol. The molecule has 2 heterocycles. The lowest BCUT2D eigenvalue weighted by molar-refractivity contribution is -0.138.